The van der Waals surface area contributed by atoms with Gasteiger partial charge in [-0.25, -0.2) is 9.59 Å². The summed E-state index contributed by atoms with van der Waals surface area (Å²) < 4.78 is 13.5. The van der Waals surface area contributed by atoms with Crippen molar-refractivity contribution in [2.24, 2.45) is 0 Å². The molecule has 0 aliphatic rings. The maximum atomic E-state index is 12.5. The zero-order valence-corrected chi connectivity index (χ0v) is 18.1. The minimum absolute atomic E-state index is 0.183. The third-order valence-corrected chi connectivity index (χ3v) is 5.49. The minimum atomic E-state index is -1.01. The molecule has 31 heavy (non-hydrogen) atoms. The minimum Gasteiger partial charge on any atom is -0.478 e. The van der Waals surface area contributed by atoms with Crippen molar-refractivity contribution >= 4 is 38.8 Å². The summed E-state index contributed by atoms with van der Waals surface area (Å²) in [5, 5.41) is 10.1. The van der Waals surface area contributed by atoms with Crippen LogP contribution in [0, 0.1) is 0 Å². The van der Waals surface area contributed by atoms with E-state index in [2.05, 4.69) is 15.9 Å². The predicted octanol–water partition coefficient (Wildman–Crippen LogP) is 5.73. The van der Waals surface area contributed by atoms with E-state index in [1.54, 1.807) is 22.8 Å². The number of hydrogen-bond donors (Lipinski definition) is 1. The van der Waals surface area contributed by atoms with Gasteiger partial charge in [0.1, 0.15) is 17.2 Å². The monoisotopic (exact) mass is 479 g/mol. The second-order valence-electron chi connectivity index (χ2n) is 6.87. The van der Waals surface area contributed by atoms with Crippen molar-refractivity contribution in [2.75, 3.05) is 7.11 Å². The van der Waals surface area contributed by atoms with Crippen LogP contribution < -0.4 is 4.74 Å². The van der Waals surface area contributed by atoms with Crippen LogP contribution in [0.15, 0.2) is 77.3 Å². The lowest BCUT2D eigenvalue weighted by Gasteiger charge is -2.12. The summed E-state index contributed by atoms with van der Waals surface area (Å²) in [4.78, 5) is 23.8. The first-order chi connectivity index (χ1) is 15.0. The zero-order chi connectivity index (χ0) is 22.0. The van der Waals surface area contributed by atoms with Crippen molar-refractivity contribution in [3.8, 4) is 11.5 Å². The van der Waals surface area contributed by atoms with Crippen LogP contribution in [-0.4, -0.2) is 28.7 Å². The number of carbonyl (C=O) groups excluding carboxylic acids is 1. The number of hydrogen-bond acceptors (Lipinski definition) is 4. The van der Waals surface area contributed by atoms with Crippen molar-refractivity contribution < 1.29 is 24.2 Å². The molecule has 0 aliphatic carbocycles. The number of para-hydroxylation sites is 1. The number of halogens is 1. The van der Waals surface area contributed by atoms with Crippen molar-refractivity contribution in [1.29, 1.82) is 0 Å². The summed E-state index contributed by atoms with van der Waals surface area (Å²) in [6, 6.07) is 21.4. The fourth-order valence-electron chi connectivity index (χ4n) is 3.40. The van der Waals surface area contributed by atoms with Crippen molar-refractivity contribution in [3.05, 3.63) is 94.1 Å². The normalized spacial score (nSPS) is 10.8. The fraction of sp³-hybridized carbons (Fsp3) is 0.0833. The highest BCUT2D eigenvalue weighted by Gasteiger charge is 2.19. The van der Waals surface area contributed by atoms with E-state index in [4.69, 9.17) is 9.47 Å². The number of nitrogens with zero attached hydrogens (tertiary/aromatic N) is 1. The van der Waals surface area contributed by atoms with Crippen LogP contribution >= 0.6 is 15.9 Å². The SMILES string of the molecule is COC(=O)c1cc2c(Br)cc(Oc3ccccc3)cc2n1Cc1cccc(C(=O)O)c1. The fourth-order valence-corrected chi connectivity index (χ4v) is 3.95. The number of carboxylic acid groups (broad SMARTS) is 1. The van der Waals surface area contributed by atoms with E-state index < -0.39 is 11.9 Å². The summed E-state index contributed by atoms with van der Waals surface area (Å²) in [6.07, 6.45) is 0. The smallest absolute Gasteiger partial charge is 0.354 e. The van der Waals surface area contributed by atoms with Gasteiger partial charge < -0.3 is 19.1 Å². The Kier molecular flexibility index (Phi) is 5.77. The molecule has 156 valence electrons. The first-order valence-corrected chi connectivity index (χ1v) is 10.2. The first kappa shape index (κ1) is 20.7. The van der Waals surface area contributed by atoms with Crippen molar-refractivity contribution in [2.45, 2.75) is 6.54 Å². The van der Waals surface area contributed by atoms with E-state index in [0.717, 1.165) is 20.9 Å². The number of rotatable bonds is 6. The molecule has 0 atom stereocenters. The number of esters is 1. The zero-order valence-electron chi connectivity index (χ0n) is 16.5. The molecule has 1 N–H and O–H groups in total. The Morgan fingerprint density at radius 3 is 2.45 bits per heavy atom. The highest BCUT2D eigenvalue weighted by atomic mass is 79.9. The second kappa shape index (κ2) is 8.65. The van der Waals surface area contributed by atoms with Gasteiger partial charge in [-0.3, -0.25) is 0 Å². The molecule has 4 rings (SSSR count). The Morgan fingerprint density at radius 1 is 0.968 bits per heavy atom. The molecule has 1 heterocycles. The van der Waals surface area contributed by atoms with E-state index in [1.807, 2.05) is 48.5 Å². The average molecular weight is 480 g/mol. The van der Waals surface area contributed by atoms with E-state index in [1.165, 1.54) is 13.2 Å². The molecular weight excluding hydrogens is 462 g/mol. The van der Waals surface area contributed by atoms with Crippen LogP contribution in [0.3, 0.4) is 0 Å². The summed E-state index contributed by atoms with van der Waals surface area (Å²) in [5.74, 6) is -0.202. The molecule has 0 bridgehead atoms. The molecule has 4 aromatic rings. The lowest BCUT2D eigenvalue weighted by molar-refractivity contribution is 0.0588. The molecule has 0 spiro atoms. The van der Waals surface area contributed by atoms with Gasteiger partial charge in [0.25, 0.3) is 0 Å². The Bertz CT molecular complexity index is 1280. The van der Waals surface area contributed by atoms with Gasteiger partial charge in [0.15, 0.2) is 0 Å². The van der Waals surface area contributed by atoms with Gasteiger partial charge in [0.2, 0.25) is 0 Å². The molecular formula is C24H18BrNO5. The quantitative estimate of drug-likeness (QED) is 0.357. The Morgan fingerprint density at radius 2 is 1.74 bits per heavy atom. The number of carbonyl (C=O) groups is 2. The highest BCUT2D eigenvalue weighted by Crippen LogP contribution is 2.34. The number of carboxylic acids is 1. The van der Waals surface area contributed by atoms with Crippen LogP contribution in [0.4, 0.5) is 0 Å². The van der Waals surface area contributed by atoms with Crippen LogP contribution in [0.1, 0.15) is 26.4 Å². The van der Waals surface area contributed by atoms with Gasteiger partial charge in [-0.2, -0.15) is 0 Å². The Hall–Kier alpha value is -3.58. The Balaban J connectivity index is 1.83. The van der Waals surface area contributed by atoms with E-state index in [0.29, 0.717) is 17.2 Å². The maximum absolute atomic E-state index is 12.5. The van der Waals surface area contributed by atoms with Crippen LogP contribution in [-0.2, 0) is 11.3 Å². The van der Waals surface area contributed by atoms with Gasteiger partial charge >= 0.3 is 11.9 Å². The summed E-state index contributed by atoms with van der Waals surface area (Å²) in [5.41, 5.74) is 2.04. The maximum Gasteiger partial charge on any atom is 0.354 e. The lowest BCUT2D eigenvalue weighted by Crippen LogP contribution is -2.11. The van der Waals surface area contributed by atoms with Gasteiger partial charge in [-0.1, -0.05) is 30.3 Å². The molecule has 0 saturated heterocycles. The van der Waals surface area contributed by atoms with Crippen molar-refractivity contribution in [3.63, 3.8) is 0 Å². The number of aromatic carboxylic acids is 1. The molecule has 6 nitrogen and oxygen atoms in total. The number of aromatic nitrogens is 1. The van der Waals surface area contributed by atoms with Crippen LogP contribution in [0.2, 0.25) is 0 Å². The van der Waals surface area contributed by atoms with E-state index in [-0.39, 0.29) is 12.1 Å². The molecule has 1 aromatic heterocycles. The summed E-state index contributed by atoms with van der Waals surface area (Å²) in [7, 11) is 1.33. The van der Waals surface area contributed by atoms with E-state index in [9.17, 15) is 14.7 Å². The number of ether oxygens (including phenoxy) is 2. The first-order valence-electron chi connectivity index (χ1n) is 9.42. The average Bonchev–Trinajstić information content (AvgIpc) is 3.13. The largest absolute Gasteiger partial charge is 0.478 e. The molecule has 0 saturated carbocycles. The van der Waals surface area contributed by atoms with Crippen molar-refractivity contribution in [1.82, 2.24) is 4.57 Å². The third-order valence-electron chi connectivity index (χ3n) is 4.83. The lowest BCUT2D eigenvalue weighted by atomic mass is 10.1. The Labute approximate surface area is 186 Å². The number of methoxy groups -OCH3 is 1. The molecule has 7 heteroatoms. The topological polar surface area (TPSA) is 77.8 Å². The third kappa shape index (κ3) is 4.32. The molecule has 0 radical (unpaired) electrons. The van der Waals surface area contributed by atoms with Gasteiger partial charge in [-0.05, 0) is 57.9 Å². The summed E-state index contributed by atoms with van der Waals surface area (Å²) >= 11 is 3.57. The van der Waals surface area contributed by atoms with E-state index >= 15 is 0 Å². The molecule has 0 fully saturated rings. The standard InChI is InChI=1S/C24H18BrNO5/c1-30-24(29)22-13-19-20(25)11-18(31-17-8-3-2-4-9-17)12-21(19)26(22)14-15-6-5-7-16(10-15)23(27)28/h2-13H,14H2,1H3,(H,27,28). The molecule has 0 unspecified atom stereocenters. The van der Waals surface area contributed by atoms with Crippen LogP contribution in [0.25, 0.3) is 10.9 Å². The number of fused-ring (bicyclic) bond motifs is 1. The molecule has 0 aliphatic heterocycles. The van der Waals surface area contributed by atoms with Gasteiger partial charge in [0.05, 0.1) is 18.2 Å². The molecule has 3 aromatic carbocycles. The second-order valence-corrected chi connectivity index (χ2v) is 7.72. The summed E-state index contributed by atoms with van der Waals surface area (Å²) in [6.45, 7) is 0.288. The molecule has 0 amide bonds. The number of benzene rings is 3. The van der Waals surface area contributed by atoms with Gasteiger partial charge in [-0.15, -0.1) is 0 Å². The highest BCUT2D eigenvalue weighted by molar-refractivity contribution is 9.10. The van der Waals surface area contributed by atoms with Crippen LogP contribution in [0.5, 0.6) is 11.5 Å². The predicted molar refractivity (Wildman–Crippen MR) is 120 cm³/mol. The van der Waals surface area contributed by atoms with Gasteiger partial charge in [0, 0.05) is 22.5 Å².